The van der Waals surface area contributed by atoms with E-state index in [9.17, 15) is 0 Å². The van der Waals surface area contributed by atoms with Crippen LogP contribution in [-0.4, -0.2) is 21.1 Å². The number of para-hydroxylation sites is 1. The zero-order valence-corrected chi connectivity index (χ0v) is 10.7. The van der Waals surface area contributed by atoms with Gasteiger partial charge >= 0.3 is 12.0 Å². The molecule has 19 heavy (non-hydrogen) atoms. The van der Waals surface area contributed by atoms with Crippen molar-refractivity contribution in [2.24, 2.45) is 5.84 Å². The molecule has 1 heterocycles. The van der Waals surface area contributed by atoms with Crippen molar-refractivity contribution in [1.29, 1.82) is 0 Å². The number of ether oxygens (including phenoxy) is 2. The molecule has 0 spiro atoms. The van der Waals surface area contributed by atoms with Crippen LogP contribution in [0.15, 0.2) is 30.3 Å². The lowest BCUT2D eigenvalue weighted by Crippen LogP contribution is -2.14. The first-order chi connectivity index (χ1) is 9.17. The minimum Gasteiger partial charge on any atom is -0.461 e. The summed E-state index contributed by atoms with van der Waals surface area (Å²) in [5.41, 5.74) is 2.34. The normalized spacial score (nSPS) is 10.3. The molecule has 0 aliphatic carbocycles. The van der Waals surface area contributed by atoms with Crippen LogP contribution in [0.3, 0.4) is 0 Å². The number of benzene rings is 1. The number of hydrogen-bond acceptors (Lipinski definition) is 7. The minimum atomic E-state index is -0.0578. The molecule has 3 N–H and O–H groups in total. The molecule has 0 unspecified atom stereocenters. The number of hydrogen-bond donors (Lipinski definition) is 2. The zero-order valence-electron chi connectivity index (χ0n) is 10.7. The van der Waals surface area contributed by atoms with Crippen molar-refractivity contribution in [1.82, 2.24) is 15.0 Å². The molecule has 100 valence electrons. The fourth-order valence-corrected chi connectivity index (χ4v) is 1.31. The first-order valence-electron chi connectivity index (χ1n) is 5.79. The summed E-state index contributed by atoms with van der Waals surface area (Å²) in [6.07, 6.45) is -0.0578. The molecular formula is C12H15N5O2. The largest absolute Gasteiger partial charge is 0.461 e. The Labute approximate surface area is 110 Å². The molecule has 0 bridgehead atoms. The standard InChI is InChI=1S/C12H15N5O2/c1-8(2)18-11-14-10(17-13)15-12(16-11)19-9-6-4-3-5-7-9/h3-8H,13H2,1-2H3,(H,14,15,16,17). The number of nitrogen functional groups attached to an aromatic ring is 1. The zero-order chi connectivity index (χ0) is 13.7. The summed E-state index contributed by atoms with van der Waals surface area (Å²) in [5.74, 6) is 6.09. The van der Waals surface area contributed by atoms with E-state index in [-0.39, 0.29) is 24.1 Å². The summed E-state index contributed by atoms with van der Waals surface area (Å²) in [6.45, 7) is 3.74. The molecule has 1 aromatic heterocycles. The summed E-state index contributed by atoms with van der Waals surface area (Å²) >= 11 is 0. The van der Waals surface area contributed by atoms with Gasteiger partial charge in [-0.3, -0.25) is 5.43 Å². The molecule has 7 nitrogen and oxygen atoms in total. The smallest absolute Gasteiger partial charge is 0.330 e. The van der Waals surface area contributed by atoms with Gasteiger partial charge in [0.05, 0.1) is 6.10 Å². The van der Waals surface area contributed by atoms with Crippen LogP contribution in [0, 0.1) is 0 Å². The molecule has 0 radical (unpaired) electrons. The lowest BCUT2D eigenvalue weighted by Gasteiger charge is -2.10. The lowest BCUT2D eigenvalue weighted by atomic mass is 10.3. The molecule has 7 heteroatoms. The second kappa shape index (κ2) is 5.96. The average Bonchev–Trinajstić information content (AvgIpc) is 2.38. The second-order valence-corrected chi connectivity index (χ2v) is 3.95. The van der Waals surface area contributed by atoms with Crippen LogP contribution in [0.2, 0.25) is 0 Å². The number of anilines is 1. The number of rotatable bonds is 5. The molecule has 0 aliphatic rings. The summed E-state index contributed by atoms with van der Waals surface area (Å²) in [7, 11) is 0. The van der Waals surface area contributed by atoms with Crippen LogP contribution in [0.4, 0.5) is 5.95 Å². The summed E-state index contributed by atoms with van der Waals surface area (Å²) in [4.78, 5) is 12.0. The fourth-order valence-electron chi connectivity index (χ4n) is 1.31. The monoisotopic (exact) mass is 261 g/mol. The van der Waals surface area contributed by atoms with Gasteiger partial charge in [0.2, 0.25) is 5.95 Å². The molecule has 0 saturated carbocycles. The molecule has 1 aromatic carbocycles. The van der Waals surface area contributed by atoms with Crippen molar-refractivity contribution in [2.75, 3.05) is 5.43 Å². The van der Waals surface area contributed by atoms with E-state index in [4.69, 9.17) is 15.3 Å². The van der Waals surface area contributed by atoms with Crippen LogP contribution in [0.25, 0.3) is 0 Å². The van der Waals surface area contributed by atoms with Gasteiger partial charge in [0.1, 0.15) is 5.75 Å². The van der Waals surface area contributed by atoms with E-state index in [0.29, 0.717) is 5.75 Å². The predicted molar refractivity (Wildman–Crippen MR) is 69.9 cm³/mol. The van der Waals surface area contributed by atoms with Crippen molar-refractivity contribution >= 4 is 5.95 Å². The first kappa shape index (κ1) is 13.0. The van der Waals surface area contributed by atoms with Gasteiger partial charge in [-0.05, 0) is 26.0 Å². The third-order valence-corrected chi connectivity index (χ3v) is 2.02. The van der Waals surface area contributed by atoms with Gasteiger partial charge in [0.15, 0.2) is 0 Å². The van der Waals surface area contributed by atoms with E-state index >= 15 is 0 Å². The van der Waals surface area contributed by atoms with Crippen molar-refractivity contribution < 1.29 is 9.47 Å². The highest BCUT2D eigenvalue weighted by Crippen LogP contribution is 2.20. The molecule has 0 fully saturated rings. The van der Waals surface area contributed by atoms with Crippen LogP contribution in [-0.2, 0) is 0 Å². The second-order valence-electron chi connectivity index (χ2n) is 3.95. The van der Waals surface area contributed by atoms with E-state index in [1.807, 2.05) is 32.0 Å². The Morgan fingerprint density at radius 2 is 1.74 bits per heavy atom. The Kier molecular flexibility index (Phi) is 4.09. The molecule has 2 aromatic rings. The quantitative estimate of drug-likeness (QED) is 0.625. The van der Waals surface area contributed by atoms with Crippen molar-refractivity contribution in [2.45, 2.75) is 20.0 Å². The highest BCUT2D eigenvalue weighted by atomic mass is 16.5. The Morgan fingerprint density at radius 3 is 2.37 bits per heavy atom. The summed E-state index contributed by atoms with van der Waals surface area (Å²) in [6, 6.07) is 9.45. The van der Waals surface area contributed by atoms with E-state index in [1.165, 1.54) is 0 Å². The Balaban J connectivity index is 2.24. The van der Waals surface area contributed by atoms with E-state index < -0.39 is 0 Å². The van der Waals surface area contributed by atoms with Crippen LogP contribution in [0.1, 0.15) is 13.8 Å². The highest BCUT2D eigenvalue weighted by Gasteiger charge is 2.10. The van der Waals surface area contributed by atoms with Crippen LogP contribution < -0.4 is 20.7 Å². The number of nitrogens with one attached hydrogen (secondary N) is 1. The maximum absolute atomic E-state index is 5.51. The summed E-state index contributed by atoms with van der Waals surface area (Å²) in [5, 5.41) is 0. The average molecular weight is 261 g/mol. The molecule has 0 saturated heterocycles. The number of nitrogens with two attached hydrogens (primary N) is 1. The first-order valence-corrected chi connectivity index (χ1v) is 5.79. The minimum absolute atomic E-state index is 0.0578. The molecule has 2 rings (SSSR count). The Hall–Kier alpha value is -2.41. The van der Waals surface area contributed by atoms with Gasteiger partial charge in [-0.25, -0.2) is 5.84 Å². The highest BCUT2D eigenvalue weighted by molar-refractivity contribution is 5.29. The maximum atomic E-state index is 5.51. The third-order valence-electron chi connectivity index (χ3n) is 2.02. The van der Waals surface area contributed by atoms with Gasteiger partial charge in [0, 0.05) is 0 Å². The van der Waals surface area contributed by atoms with E-state index in [1.54, 1.807) is 12.1 Å². The maximum Gasteiger partial charge on any atom is 0.330 e. The molecule has 0 aliphatic heterocycles. The predicted octanol–water partition coefficient (Wildman–Crippen LogP) is 1.74. The van der Waals surface area contributed by atoms with Gasteiger partial charge < -0.3 is 9.47 Å². The van der Waals surface area contributed by atoms with Crippen LogP contribution >= 0.6 is 0 Å². The summed E-state index contributed by atoms with van der Waals surface area (Å²) < 4.78 is 10.9. The topological polar surface area (TPSA) is 95.2 Å². The Bertz CT molecular complexity index is 533. The lowest BCUT2D eigenvalue weighted by molar-refractivity contribution is 0.218. The van der Waals surface area contributed by atoms with Crippen molar-refractivity contribution in [3.8, 4) is 17.8 Å². The van der Waals surface area contributed by atoms with Crippen LogP contribution in [0.5, 0.6) is 17.8 Å². The SMILES string of the molecule is CC(C)Oc1nc(NN)nc(Oc2ccccc2)n1. The number of aromatic nitrogens is 3. The van der Waals surface area contributed by atoms with E-state index in [0.717, 1.165) is 0 Å². The van der Waals surface area contributed by atoms with Gasteiger partial charge in [-0.15, -0.1) is 4.98 Å². The number of nitrogens with zero attached hydrogens (tertiary/aromatic N) is 3. The van der Waals surface area contributed by atoms with Gasteiger partial charge in [-0.1, -0.05) is 18.2 Å². The van der Waals surface area contributed by atoms with Gasteiger partial charge in [-0.2, -0.15) is 9.97 Å². The van der Waals surface area contributed by atoms with E-state index in [2.05, 4.69) is 20.4 Å². The van der Waals surface area contributed by atoms with Crippen molar-refractivity contribution in [3.63, 3.8) is 0 Å². The molecular weight excluding hydrogens is 246 g/mol. The Morgan fingerprint density at radius 1 is 1.05 bits per heavy atom. The number of hydrazine groups is 1. The molecule has 0 amide bonds. The fraction of sp³-hybridized carbons (Fsp3) is 0.250. The van der Waals surface area contributed by atoms with Crippen molar-refractivity contribution in [3.05, 3.63) is 30.3 Å². The van der Waals surface area contributed by atoms with Gasteiger partial charge in [0.25, 0.3) is 0 Å². The molecule has 0 atom stereocenters. The third kappa shape index (κ3) is 3.78.